The monoisotopic (exact) mass is 298 g/mol. The average Bonchev–Trinajstić information content (AvgIpc) is 3.36. The molecule has 1 fully saturated rings. The third kappa shape index (κ3) is 2.89. The van der Waals surface area contributed by atoms with Gasteiger partial charge in [-0.2, -0.15) is 0 Å². The van der Waals surface area contributed by atoms with E-state index in [1.165, 1.54) is 0 Å². The number of carbonyl (C=O) groups excluding carboxylic acids is 1. The van der Waals surface area contributed by atoms with Crippen LogP contribution in [0.25, 0.3) is 0 Å². The third-order valence-corrected chi connectivity index (χ3v) is 3.78. The summed E-state index contributed by atoms with van der Waals surface area (Å²) >= 11 is 0. The van der Waals surface area contributed by atoms with Gasteiger partial charge >= 0.3 is 0 Å². The lowest BCUT2D eigenvalue weighted by Crippen LogP contribution is -2.11. The summed E-state index contributed by atoms with van der Waals surface area (Å²) in [5, 5.41) is 0. The summed E-state index contributed by atoms with van der Waals surface area (Å²) < 4.78 is 15.9. The summed E-state index contributed by atoms with van der Waals surface area (Å²) in [7, 11) is 3.25. The number of methoxy groups -OCH3 is 2. The standard InChI is InChI=1S/C18H18O4/c1-20-11-13-5-3-4-6-15(13)16(19)18-17(22-18)12-7-9-14(21-2)10-8-12/h3-10,17-18H,11H2,1-2H3/t17-,18-/m0/s1. The fraction of sp³-hybridized carbons (Fsp3) is 0.278. The van der Waals surface area contributed by atoms with Crippen molar-refractivity contribution >= 4 is 5.78 Å². The quantitative estimate of drug-likeness (QED) is 0.607. The van der Waals surface area contributed by atoms with Crippen molar-refractivity contribution in [1.29, 1.82) is 0 Å². The van der Waals surface area contributed by atoms with E-state index in [0.717, 1.165) is 16.9 Å². The van der Waals surface area contributed by atoms with E-state index in [0.29, 0.717) is 12.2 Å². The molecular formula is C18H18O4. The maximum Gasteiger partial charge on any atom is 0.195 e. The summed E-state index contributed by atoms with van der Waals surface area (Å²) in [6, 6.07) is 15.1. The first kappa shape index (κ1) is 14.8. The zero-order valence-corrected chi connectivity index (χ0v) is 12.6. The van der Waals surface area contributed by atoms with Crippen molar-refractivity contribution in [3.8, 4) is 5.75 Å². The molecule has 0 spiro atoms. The van der Waals surface area contributed by atoms with Crippen LogP contribution in [0.4, 0.5) is 0 Å². The zero-order chi connectivity index (χ0) is 15.5. The molecule has 0 aromatic heterocycles. The average molecular weight is 298 g/mol. The summed E-state index contributed by atoms with van der Waals surface area (Å²) in [6.07, 6.45) is -0.583. The van der Waals surface area contributed by atoms with Crippen LogP contribution in [0.5, 0.6) is 5.75 Å². The first-order chi connectivity index (χ1) is 10.7. The number of carbonyl (C=O) groups is 1. The van der Waals surface area contributed by atoms with Crippen LogP contribution in [0.2, 0.25) is 0 Å². The third-order valence-electron chi connectivity index (χ3n) is 3.78. The van der Waals surface area contributed by atoms with Gasteiger partial charge in [0, 0.05) is 12.7 Å². The fourth-order valence-electron chi connectivity index (χ4n) is 2.55. The molecule has 0 N–H and O–H groups in total. The minimum atomic E-state index is -0.411. The molecule has 2 aromatic carbocycles. The topological polar surface area (TPSA) is 48.1 Å². The summed E-state index contributed by atoms with van der Waals surface area (Å²) in [5.41, 5.74) is 2.55. The van der Waals surface area contributed by atoms with Crippen LogP contribution >= 0.6 is 0 Å². The second-order valence-electron chi connectivity index (χ2n) is 5.20. The first-order valence-electron chi connectivity index (χ1n) is 7.15. The molecule has 0 unspecified atom stereocenters. The molecule has 4 nitrogen and oxygen atoms in total. The number of benzene rings is 2. The van der Waals surface area contributed by atoms with Crippen LogP contribution in [0.15, 0.2) is 48.5 Å². The van der Waals surface area contributed by atoms with E-state index in [-0.39, 0.29) is 11.9 Å². The molecule has 2 aromatic rings. The van der Waals surface area contributed by atoms with Crippen molar-refractivity contribution in [3.63, 3.8) is 0 Å². The summed E-state index contributed by atoms with van der Waals surface area (Å²) in [6.45, 7) is 0.418. The van der Waals surface area contributed by atoms with Gasteiger partial charge < -0.3 is 14.2 Å². The van der Waals surface area contributed by atoms with E-state index in [1.54, 1.807) is 14.2 Å². The number of ketones is 1. The first-order valence-corrected chi connectivity index (χ1v) is 7.15. The number of Topliss-reactive ketones (excluding diaryl/α,β-unsaturated/α-hetero) is 1. The lowest BCUT2D eigenvalue weighted by molar-refractivity contribution is 0.0949. The Hall–Kier alpha value is -2.17. The van der Waals surface area contributed by atoms with Gasteiger partial charge in [0.1, 0.15) is 11.9 Å². The van der Waals surface area contributed by atoms with Crippen LogP contribution < -0.4 is 4.74 Å². The molecular weight excluding hydrogens is 280 g/mol. The van der Waals surface area contributed by atoms with Crippen LogP contribution in [-0.4, -0.2) is 26.1 Å². The van der Waals surface area contributed by atoms with E-state index < -0.39 is 6.10 Å². The van der Waals surface area contributed by atoms with Crippen molar-refractivity contribution in [2.45, 2.75) is 18.8 Å². The fourth-order valence-corrected chi connectivity index (χ4v) is 2.55. The zero-order valence-electron chi connectivity index (χ0n) is 12.6. The molecule has 114 valence electrons. The highest BCUT2D eigenvalue weighted by Gasteiger charge is 2.46. The Morgan fingerprint density at radius 1 is 1.09 bits per heavy atom. The van der Waals surface area contributed by atoms with E-state index in [2.05, 4.69) is 0 Å². The maximum absolute atomic E-state index is 12.6. The minimum Gasteiger partial charge on any atom is -0.497 e. The highest BCUT2D eigenvalue weighted by atomic mass is 16.6. The molecule has 3 rings (SSSR count). The van der Waals surface area contributed by atoms with Gasteiger partial charge in [0.25, 0.3) is 0 Å². The molecule has 0 aliphatic carbocycles. The molecule has 4 heteroatoms. The van der Waals surface area contributed by atoms with Crippen molar-refractivity contribution in [1.82, 2.24) is 0 Å². The van der Waals surface area contributed by atoms with Crippen molar-refractivity contribution in [2.75, 3.05) is 14.2 Å². The largest absolute Gasteiger partial charge is 0.497 e. The molecule has 1 heterocycles. The number of ether oxygens (including phenoxy) is 3. The van der Waals surface area contributed by atoms with E-state index in [1.807, 2.05) is 48.5 Å². The Bertz CT molecular complexity index is 663. The molecule has 0 amide bonds. The highest BCUT2D eigenvalue weighted by molar-refractivity contribution is 6.02. The van der Waals surface area contributed by atoms with Crippen LogP contribution in [0.3, 0.4) is 0 Å². The van der Waals surface area contributed by atoms with Gasteiger partial charge in [0.15, 0.2) is 11.9 Å². The van der Waals surface area contributed by atoms with E-state index in [4.69, 9.17) is 14.2 Å². The molecule has 1 aliphatic heterocycles. The Kier molecular flexibility index (Phi) is 4.22. The van der Waals surface area contributed by atoms with E-state index >= 15 is 0 Å². The van der Waals surface area contributed by atoms with Gasteiger partial charge in [-0.1, -0.05) is 36.4 Å². The van der Waals surface area contributed by atoms with Gasteiger partial charge in [-0.15, -0.1) is 0 Å². The predicted octanol–water partition coefficient (Wildman–Crippen LogP) is 3.16. The Morgan fingerprint density at radius 2 is 1.82 bits per heavy atom. The second kappa shape index (κ2) is 6.30. The lowest BCUT2D eigenvalue weighted by Gasteiger charge is -2.06. The molecule has 0 radical (unpaired) electrons. The van der Waals surface area contributed by atoms with Crippen LogP contribution in [0, 0.1) is 0 Å². The summed E-state index contributed by atoms with van der Waals surface area (Å²) in [4.78, 5) is 12.6. The Morgan fingerprint density at radius 3 is 2.50 bits per heavy atom. The van der Waals surface area contributed by atoms with Crippen molar-refractivity contribution in [3.05, 3.63) is 65.2 Å². The molecule has 1 aliphatic rings. The highest BCUT2D eigenvalue weighted by Crippen LogP contribution is 2.41. The second-order valence-corrected chi connectivity index (χ2v) is 5.20. The Labute approximate surface area is 129 Å². The smallest absolute Gasteiger partial charge is 0.195 e. The molecule has 2 atom stereocenters. The molecule has 22 heavy (non-hydrogen) atoms. The van der Waals surface area contributed by atoms with Crippen LogP contribution in [-0.2, 0) is 16.1 Å². The van der Waals surface area contributed by atoms with E-state index in [9.17, 15) is 4.79 Å². The number of hydrogen-bond donors (Lipinski definition) is 0. The SMILES string of the molecule is COCc1ccccc1C(=O)[C@@H]1O[C@H]1c1ccc(OC)cc1. The Balaban J connectivity index is 1.75. The van der Waals surface area contributed by atoms with Gasteiger partial charge in [0.05, 0.1) is 13.7 Å². The number of epoxide rings is 1. The molecule has 1 saturated heterocycles. The van der Waals surface area contributed by atoms with Crippen LogP contribution in [0.1, 0.15) is 27.6 Å². The van der Waals surface area contributed by atoms with Crippen molar-refractivity contribution < 1.29 is 19.0 Å². The summed E-state index contributed by atoms with van der Waals surface area (Å²) in [5.74, 6) is 0.797. The molecule has 0 saturated carbocycles. The van der Waals surface area contributed by atoms with Gasteiger partial charge in [-0.25, -0.2) is 0 Å². The number of rotatable bonds is 6. The molecule has 0 bridgehead atoms. The maximum atomic E-state index is 12.6. The van der Waals surface area contributed by atoms with Gasteiger partial charge in [0.2, 0.25) is 0 Å². The minimum absolute atomic E-state index is 0.00784. The number of hydrogen-bond acceptors (Lipinski definition) is 4. The normalized spacial score (nSPS) is 19.7. The van der Waals surface area contributed by atoms with Crippen molar-refractivity contribution in [2.24, 2.45) is 0 Å². The lowest BCUT2D eigenvalue weighted by atomic mass is 9.99. The predicted molar refractivity (Wildman–Crippen MR) is 82.1 cm³/mol. The van der Waals surface area contributed by atoms with Gasteiger partial charge in [-0.05, 0) is 23.3 Å². The van der Waals surface area contributed by atoms with Gasteiger partial charge in [-0.3, -0.25) is 4.79 Å².